The molecule has 6 heteroatoms. The van der Waals surface area contributed by atoms with Crippen LogP contribution in [-0.2, 0) is 4.79 Å². The lowest BCUT2D eigenvalue weighted by molar-refractivity contribution is -0.121. The summed E-state index contributed by atoms with van der Waals surface area (Å²) >= 11 is 11.8. The minimum atomic E-state index is -0.419. The van der Waals surface area contributed by atoms with Gasteiger partial charge in [0.1, 0.15) is 0 Å². The highest BCUT2D eigenvalue weighted by atomic mass is 35.5. The van der Waals surface area contributed by atoms with Crippen molar-refractivity contribution in [1.29, 1.82) is 0 Å². The zero-order valence-corrected chi connectivity index (χ0v) is 15.5. The fourth-order valence-electron chi connectivity index (χ4n) is 2.19. The Morgan fingerprint density at radius 3 is 2.35 bits per heavy atom. The van der Waals surface area contributed by atoms with Crippen LogP contribution in [-0.4, -0.2) is 24.4 Å². The Labute approximate surface area is 147 Å². The van der Waals surface area contributed by atoms with Crippen molar-refractivity contribution in [2.75, 3.05) is 6.54 Å². The van der Waals surface area contributed by atoms with Crippen LogP contribution < -0.4 is 10.6 Å². The van der Waals surface area contributed by atoms with Crippen LogP contribution in [0.2, 0.25) is 10.0 Å². The molecule has 2 amide bonds. The first-order chi connectivity index (χ1) is 10.7. The maximum atomic E-state index is 12.1. The highest BCUT2D eigenvalue weighted by Crippen LogP contribution is 2.20. The van der Waals surface area contributed by atoms with E-state index in [0.717, 1.165) is 6.42 Å². The van der Waals surface area contributed by atoms with Gasteiger partial charge in [-0.25, -0.2) is 0 Å². The summed E-state index contributed by atoms with van der Waals surface area (Å²) < 4.78 is 0. The third kappa shape index (κ3) is 6.80. The standard InChI is InChI=1S/C17H24Cl2N2O2/c1-10(2)7-15(11(3)4)21-16(22)9-20-17(23)13-8-12(18)5-6-14(13)19/h5-6,8,10-11,15H,7,9H2,1-4H3,(H,20,23)(H,21,22)/t15-/m0/s1. The fraction of sp³-hybridized carbons (Fsp3) is 0.529. The second-order valence-corrected chi connectivity index (χ2v) is 7.20. The molecular weight excluding hydrogens is 335 g/mol. The molecular formula is C17H24Cl2N2O2. The van der Waals surface area contributed by atoms with Crippen LogP contribution in [0.4, 0.5) is 0 Å². The molecule has 0 saturated carbocycles. The van der Waals surface area contributed by atoms with Crippen LogP contribution in [0.1, 0.15) is 44.5 Å². The monoisotopic (exact) mass is 358 g/mol. The van der Waals surface area contributed by atoms with Crippen LogP contribution in [0.3, 0.4) is 0 Å². The van der Waals surface area contributed by atoms with Crippen molar-refractivity contribution in [3.63, 3.8) is 0 Å². The number of halogens is 2. The minimum Gasteiger partial charge on any atom is -0.352 e. The summed E-state index contributed by atoms with van der Waals surface area (Å²) in [5.41, 5.74) is 0.259. The van der Waals surface area contributed by atoms with Crippen molar-refractivity contribution in [2.45, 2.75) is 40.2 Å². The van der Waals surface area contributed by atoms with E-state index >= 15 is 0 Å². The SMILES string of the molecule is CC(C)C[C@H](NC(=O)CNC(=O)c1cc(Cl)ccc1Cl)C(C)C. The molecule has 4 nitrogen and oxygen atoms in total. The minimum absolute atomic E-state index is 0.0918. The predicted octanol–water partition coefficient (Wildman–Crippen LogP) is 3.91. The first-order valence-corrected chi connectivity index (χ1v) is 8.49. The first-order valence-electron chi connectivity index (χ1n) is 7.73. The van der Waals surface area contributed by atoms with E-state index in [1.807, 2.05) is 0 Å². The van der Waals surface area contributed by atoms with Gasteiger partial charge in [-0.2, -0.15) is 0 Å². The third-order valence-electron chi connectivity index (χ3n) is 3.46. The molecule has 0 aliphatic carbocycles. The summed E-state index contributed by atoms with van der Waals surface area (Å²) in [4.78, 5) is 24.1. The molecule has 0 aliphatic heterocycles. The maximum Gasteiger partial charge on any atom is 0.253 e. The van der Waals surface area contributed by atoms with Gasteiger partial charge in [-0.3, -0.25) is 9.59 Å². The lowest BCUT2D eigenvalue weighted by Gasteiger charge is -2.24. The largest absolute Gasteiger partial charge is 0.352 e. The summed E-state index contributed by atoms with van der Waals surface area (Å²) in [6.07, 6.45) is 0.900. The molecule has 1 rings (SSSR count). The van der Waals surface area contributed by atoms with E-state index in [1.165, 1.54) is 6.07 Å². The summed E-state index contributed by atoms with van der Waals surface area (Å²) in [6.45, 7) is 8.27. The van der Waals surface area contributed by atoms with E-state index in [4.69, 9.17) is 23.2 Å². The van der Waals surface area contributed by atoms with Crippen molar-refractivity contribution in [2.24, 2.45) is 11.8 Å². The molecule has 0 aliphatic rings. The molecule has 0 unspecified atom stereocenters. The van der Waals surface area contributed by atoms with Crippen LogP contribution in [0, 0.1) is 11.8 Å². The van der Waals surface area contributed by atoms with Crippen molar-refractivity contribution < 1.29 is 9.59 Å². The molecule has 0 saturated heterocycles. The Kier molecular flexibility index (Phi) is 7.86. The average Bonchev–Trinajstić information content (AvgIpc) is 2.46. The van der Waals surface area contributed by atoms with Crippen molar-refractivity contribution in [3.8, 4) is 0 Å². The molecule has 1 aromatic rings. The Morgan fingerprint density at radius 1 is 1.13 bits per heavy atom. The summed E-state index contributed by atoms with van der Waals surface area (Å²) in [5, 5.41) is 6.25. The lowest BCUT2D eigenvalue weighted by atomic mass is 9.94. The quantitative estimate of drug-likeness (QED) is 0.776. The Morgan fingerprint density at radius 2 is 1.78 bits per heavy atom. The Bertz CT molecular complexity index is 560. The van der Waals surface area contributed by atoms with Crippen LogP contribution in [0.25, 0.3) is 0 Å². The van der Waals surface area contributed by atoms with Gasteiger partial charge in [-0.05, 0) is 36.5 Å². The highest BCUT2D eigenvalue weighted by molar-refractivity contribution is 6.35. The molecule has 0 bridgehead atoms. The van der Waals surface area contributed by atoms with E-state index in [-0.39, 0.29) is 24.1 Å². The molecule has 1 atom stereocenters. The van der Waals surface area contributed by atoms with Gasteiger partial charge in [0.05, 0.1) is 17.1 Å². The van der Waals surface area contributed by atoms with E-state index in [2.05, 4.69) is 38.3 Å². The number of nitrogens with one attached hydrogen (secondary N) is 2. The summed E-state index contributed by atoms with van der Waals surface area (Å²) in [6, 6.07) is 4.73. The normalized spacial score (nSPS) is 12.3. The molecule has 128 valence electrons. The van der Waals surface area contributed by atoms with Crippen molar-refractivity contribution >= 4 is 35.0 Å². The molecule has 2 N–H and O–H groups in total. The summed E-state index contributed by atoms with van der Waals surface area (Å²) in [7, 11) is 0. The number of amides is 2. The van der Waals surface area contributed by atoms with Gasteiger partial charge in [-0.1, -0.05) is 50.9 Å². The van der Waals surface area contributed by atoms with Gasteiger partial charge < -0.3 is 10.6 Å². The van der Waals surface area contributed by atoms with Gasteiger partial charge in [0.15, 0.2) is 0 Å². The van der Waals surface area contributed by atoms with Crippen molar-refractivity contribution in [3.05, 3.63) is 33.8 Å². The van der Waals surface area contributed by atoms with E-state index in [9.17, 15) is 9.59 Å². The van der Waals surface area contributed by atoms with Crippen LogP contribution in [0.15, 0.2) is 18.2 Å². The van der Waals surface area contributed by atoms with E-state index in [1.54, 1.807) is 12.1 Å². The lowest BCUT2D eigenvalue weighted by Crippen LogP contribution is -2.44. The Hall–Kier alpha value is -1.26. The smallest absolute Gasteiger partial charge is 0.253 e. The number of rotatable bonds is 7. The predicted molar refractivity (Wildman–Crippen MR) is 95.0 cm³/mol. The molecule has 0 fully saturated rings. The molecule has 0 aromatic heterocycles. The van der Waals surface area contributed by atoms with Gasteiger partial charge in [0.25, 0.3) is 5.91 Å². The van der Waals surface area contributed by atoms with Gasteiger partial charge in [0.2, 0.25) is 5.91 Å². The number of benzene rings is 1. The number of hydrogen-bond acceptors (Lipinski definition) is 2. The zero-order chi connectivity index (χ0) is 17.6. The van der Waals surface area contributed by atoms with Crippen molar-refractivity contribution in [1.82, 2.24) is 10.6 Å². The van der Waals surface area contributed by atoms with Crippen LogP contribution >= 0.6 is 23.2 Å². The number of carbonyl (C=O) groups is 2. The second-order valence-electron chi connectivity index (χ2n) is 6.35. The molecule has 1 aromatic carbocycles. The fourth-order valence-corrected chi connectivity index (χ4v) is 2.57. The van der Waals surface area contributed by atoms with Crippen LogP contribution in [0.5, 0.6) is 0 Å². The van der Waals surface area contributed by atoms with Gasteiger partial charge >= 0.3 is 0 Å². The average molecular weight is 359 g/mol. The van der Waals surface area contributed by atoms with E-state index < -0.39 is 5.91 Å². The molecule has 0 heterocycles. The van der Waals surface area contributed by atoms with Gasteiger partial charge in [0, 0.05) is 11.1 Å². The maximum absolute atomic E-state index is 12.1. The van der Waals surface area contributed by atoms with Gasteiger partial charge in [-0.15, -0.1) is 0 Å². The number of carbonyl (C=O) groups excluding carboxylic acids is 2. The van der Waals surface area contributed by atoms with E-state index in [0.29, 0.717) is 21.9 Å². The molecule has 0 radical (unpaired) electrons. The Balaban J connectivity index is 2.58. The highest BCUT2D eigenvalue weighted by Gasteiger charge is 2.18. The zero-order valence-electron chi connectivity index (χ0n) is 14.0. The molecule has 23 heavy (non-hydrogen) atoms. The molecule has 0 spiro atoms. The third-order valence-corrected chi connectivity index (χ3v) is 4.02. The number of hydrogen-bond donors (Lipinski definition) is 2. The first kappa shape index (κ1) is 19.8. The second kappa shape index (κ2) is 9.14. The topological polar surface area (TPSA) is 58.2 Å². The summed E-state index contributed by atoms with van der Waals surface area (Å²) in [5.74, 6) is 0.190.